The molecule has 0 unspecified atom stereocenters. The Hall–Kier alpha value is -1.47. The van der Waals surface area contributed by atoms with Crippen molar-refractivity contribution in [2.24, 2.45) is 0 Å². The van der Waals surface area contributed by atoms with Crippen molar-refractivity contribution < 1.29 is 27.3 Å². The highest BCUT2D eigenvalue weighted by Crippen LogP contribution is 2.19. The van der Waals surface area contributed by atoms with E-state index in [2.05, 4.69) is 4.74 Å². The van der Waals surface area contributed by atoms with Crippen LogP contribution in [0.4, 0.5) is 0 Å². The molecule has 1 N–H and O–H groups in total. The number of rotatable bonds is 3. The van der Waals surface area contributed by atoms with Gasteiger partial charge in [-0.1, -0.05) is 6.08 Å². The topological polar surface area (TPSA) is 97.7 Å². The molecule has 1 aliphatic rings. The molecule has 0 spiro atoms. The Labute approximate surface area is 92.3 Å². The van der Waals surface area contributed by atoms with E-state index in [1.54, 1.807) is 6.92 Å². The minimum absolute atomic E-state index is 0.0778. The third kappa shape index (κ3) is 2.77. The van der Waals surface area contributed by atoms with Crippen molar-refractivity contribution >= 4 is 21.9 Å². The number of hydrogen-bond donors (Lipinski definition) is 1. The molecule has 0 heterocycles. The molecule has 6 nitrogen and oxygen atoms in total. The number of esters is 1. The van der Waals surface area contributed by atoms with Crippen molar-refractivity contribution in [3.05, 3.63) is 22.6 Å². The van der Waals surface area contributed by atoms with Crippen LogP contribution in [0.5, 0.6) is 0 Å². The highest BCUT2D eigenvalue weighted by Gasteiger charge is 2.26. The normalized spacial score (nSPS) is 16.5. The lowest BCUT2D eigenvalue weighted by atomic mass is 10.0. The highest BCUT2D eigenvalue weighted by molar-refractivity contribution is 7.90. The van der Waals surface area contributed by atoms with Gasteiger partial charge in [0.25, 0.3) is 10.1 Å². The number of carbonyl (C=O) groups is 2. The van der Waals surface area contributed by atoms with Crippen molar-refractivity contribution in [1.82, 2.24) is 0 Å². The fraction of sp³-hybridized carbons (Fsp3) is 0.333. The minimum Gasteiger partial charge on any atom is -0.462 e. The number of carbonyl (C=O) groups excluding carboxylic acids is 2. The lowest BCUT2D eigenvalue weighted by Gasteiger charge is -2.10. The highest BCUT2D eigenvalue weighted by atomic mass is 32.2. The summed E-state index contributed by atoms with van der Waals surface area (Å²) in [5, 5.41) is 0. The summed E-state index contributed by atoms with van der Waals surface area (Å²) in [4.78, 5) is 22.1. The Morgan fingerprint density at radius 3 is 2.69 bits per heavy atom. The Morgan fingerprint density at radius 1 is 1.56 bits per heavy atom. The lowest BCUT2D eigenvalue weighted by Crippen LogP contribution is -2.19. The lowest BCUT2D eigenvalue weighted by molar-refractivity contribution is -0.140. The first-order valence-electron chi connectivity index (χ1n) is 4.46. The number of allylic oxidation sites excluding steroid dienone is 2. The van der Waals surface area contributed by atoms with Gasteiger partial charge in [-0.05, 0) is 13.0 Å². The Morgan fingerprint density at radius 2 is 2.19 bits per heavy atom. The minimum atomic E-state index is -4.41. The van der Waals surface area contributed by atoms with Crippen molar-refractivity contribution in [2.75, 3.05) is 6.61 Å². The first-order valence-corrected chi connectivity index (χ1v) is 5.90. The largest absolute Gasteiger partial charge is 0.462 e. The van der Waals surface area contributed by atoms with Gasteiger partial charge in [-0.3, -0.25) is 9.35 Å². The molecular formula is C9H10O6S. The van der Waals surface area contributed by atoms with Gasteiger partial charge in [-0.15, -0.1) is 0 Å². The quantitative estimate of drug-likeness (QED) is 0.434. The molecule has 1 rings (SSSR count). The molecule has 88 valence electrons. The first-order chi connectivity index (χ1) is 7.36. The second kappa shape index (κ2) is 4.58. The molecule has 1 aliphatic carbocycles. The van der Waals surface area contributed by atoms with Crippen LogP contribution in [0.15, 0.2) is 22.6 Å². The summed E-state index contributed by atoms with van der Waals surface area (Å²) in [5.41, 5.74) is -0.364. The molecule has 16 heavy (non-hydrogen) atoms. The molecule has 0 atom stereocenters. The zero-order chi connectivity index (χ0) is 12.3. The van der Waals surface area contributed by atoms with Crippen LogP contribution >= 0.6 is 0 Å². The van der Waals surface area contributed by atoms with Crippen LogP contribution in [0.2, 0.25) is 0 Å². The molecule has 0 radical (unpaired) electrons. The summed E-state index contributed by atoms with van der Waals surface area (Å²) < 4.78 is 34.9. The van der Waals surface area contributed by atoms with Crippen molar-refractivity contribution in [2.45, 2.75) is 13.3 Å². The maximum Gasteiger partial charge on any atom is 0.341 e. The molecule has 0 saturated carbocycles. The van der Waals surface area contributed by atoms with Crippen LogP contribution in [0.3, 0.4) is 0 Å². The molecule has 0 fully saturated rings. The second-order valence-corrected chi connectivity index (χ2v) is 4.41. The SMILES string of the molecule is CCOC(=O)C1=CC(S(=O)(=O)O)=CCC1=O. The van der Waals surface area contributed by atoms with Crippen molar-refractivity contribution in [3.8, 4) is 0 Å². The maximum atomic E-state index is 11.3. The summed E-state index contributed by atoms with van der Waals surface area (Å²) >= 11 is 0. The van der Waals surface area contributed by atoms with Gasteiger partial charge in [0, 0.05) is 6.42 Å². The molecular weight excluding hydrogens is 236 g/mol. The Bertz CT molecular complexity index is 482. The molecule has 0 aliphatic heterocycles. The number of ketones is 1. The van der Waals surface area contributed by atoms with Gasteiger partial charge in [0.1, 0.15) is 5.57 Å². The summed E-state index contributed by atoms with van der Waals surface area (Å²) in [7, 11) is -4.41. The third-order valence-corrected chi connectivity index (χ3v) is 2.75. The van der Waals surface area contributed by atoms with Gasteiger partial charge in [0.2, 0.25) is 0 Å². The van der Waals surface area contributed by atoms with E-state index in [4.69, 9.17) is 4.55 Å². The van der Waals surface area contributed by atoms with Gasteiger partial charge in [-0.2, -0.15) is 8.42 Å². The summed E-state index contributed by atoms with van der Waals surface area (Å²) in [6.07, 6.45) is 1.61. The average molecular weight is 246 g/mol. The smallest absolute Gasteiger partial charge is 0.341 e. The molecule has 0 bridgehead atoms. The van der Waals surface area contributed by atoms with E-state index in [0.717, 1.165) is 12.2 Å². The van der Waals surface area contributed by atoms with Crippen LogP contribution in [0.1, 0.15) is 13.3 Å². The zero-order valence-electron chi connectivity index (χ0n) is 8.47. The fourth-order valence-corrected chi connectivity index (χ4v) is 1.71. The fourth-order valence-electron chi connectivity index (χ4n) is 1.15. The molecule has 7 heteroatoms. The van der Waals surface area contributed by atoms with E-state index in [0.29, 0.717) is 0 Å². The molecule has 0 aromatic heterocycles. The van der Waals surface area contributed by atoms with Gasteiger partial charge < -0.3 is 4.74 Å². The van der Waals surface area contributed by atoms with Gasteiger partial charge in [0.05, 0.1) is 11.5 Å². The molecule has 0 aromatic rings. The Balaban J connectivity index is 3.08. The summed E-state index contributed by atoms with van der Waals surface area (Å²) in [6, 6.07) is 0. The third-order valence-electron chi connectivity index (χ3n) is 1.87. The van der Waals surface area contributed by atoms with E-state index in [1.165, 1.54) is 0 Å². The summed E-state index contributed by atoms with van der Waals surface area (Å²) in [5.74, 6) is -1.42. The predicted molar refractivity (Wildman–Crippen MR) is 54.0 cm³/mol. The molecule has 0 saturated heterocycles. The Kier molecular flexibility index (Phi) is 3.61. The zero-order valence-corrected chi connectivity index (χ0v) is 9.28. The predicted octanol–water partition coefficient (Wildman–Crippen LogP) is 0.220. The van der Waals surface area contributed by atoms with Crippen LogP contribution in [-0.4, -0.2) is 31.3 Å². The van der Waals surface area contributed by atoms with E-state index < -0.39 is 26.8 Å². The maximum absolute atomic E-state index is 11.3. The monoisotopic (exact) mass is 246 g/mol. The average Bonchev–Trinajstić information content (AvgIpc) is 2.16. The second-order valence-electron chi connectivity index (χ2n) is 2.99. The summed E-state index contributed by atoms with van der Waals surface area (Å²) in [6.45, 7) is 1.64. The molecule has 0 amide bonds. The van der Waals surface area contributed by atoms with E-state index in [-0.39, 0.29) is 18.6 Å². The van der Waals surface area contributed by atoms with Crippen LogP contribution in [-0.2, 0) is 24.4 Å². The van der Waals surface area contributed by atoms with E-state index in [1.807, 2.05) is 0 Å². The van der Waals surface area contributed by atoms with Crippen LogP contribution in [0.25, 0.3) is 0 Å². The van der Waals surface area contributed by atoms with Crippen molar-refractivity contribution in [3.63, 3.8) is 0 Å². The van der Waals surface area contributed by atoms with Crippen LogP contribution in [0, 0.1) is 0 Å². The van der Waals surface area contributed by atoms with Gasteiger partial charge >= 0.3 is 5.97 Å². The van der Waals surface area contributed by atoms with Gasteiger partial charge in [0.15, 0.2) is 5.78 Å². The number of Topliss-reactive ketones (excluding diaryl/α,β-unsaturated/α-hetero) is 1. The van der Waals surface area contributed by atoms with Crippen molar-refractivity contribution in [1.29, 1.82) is 0 Å². The van der Waals surface area contributed by atoms with E-state index >= 15 is 0 Å². The number of hydrogen-bond acceptors (Lipinski definition) is 5. The standard InChI is InChI=1S/C9H10O6S/c1-2-15-9(11)7-5-6(16(12,13)14)3-4-8(7)10/h3,5H,2,4H2,1H3,(H,12,13,14). The number of ether oxygens (including phenoxy) is 1. The van der Waals surface area contributed by atoms with E-state index in [9.17, 15) is 18.0 Å². The van der Waals surface area contributed by atoms with Gasteiger partial charge in [-0.25, -0.2) is 4.79 Å². The first kappa shape index (κ1) is 12.6. The van der Waals surface area contributed by atoms with Crippen LogP contribution < -0.4 is 0 Å². The molecule has 0 aromatic carbocycles.